The van der Waals surface area contributed by atoms with E-state index in [1.165, 1.54) is 6.42 Å². The topological polar surface area (TPSA) is 76.1 Å². The summed E-state index contributed by atoms with van der Waals surface area (Å²) < 4.78 is 0. The van der Waals surface area contributed by atoms with Gasteiger partial charge >= 0.3 is 37.7 Å². The molecule has 0 rings (SSSR count). The molecule has 51 valence electrons. The van der Waals surface area contributed by atoms with Crippen molar-refractivity contribution in [1.29, 1.82) is 0 Å². The average Bonchev–Trinajstić information content (AvgIpc) is 1.69. The van der Waals surface area contributed by atoms with E-state index in [1.807, 2.05) is 0 Å². The van der Waals surface area contributed by atoms with Gasteiger partial charge in [-0.25, -0.2) is 7.69 Å². The van der Waals surface area contributed by atoms with Gasteiger partial charge in [0.05, 0.1) is 0 Å². The van der Waals surface area contributed by atoms with Crippen LogP contribution in [0.5, 0.6) is 0 Å². The summed E-state index contributed by atoms with van der Waals surface area (Å²) >= 11 is 3.29. The van der Waals surface area contributed by atoms with Crippen LogP contribution in [0.3, 0.4) is 0 Å². The predicted octanol–water partition coefficient (Wildman–Crippen LogP) is -2.91. The summed E-state index contributed by atoms with van der Waals surface area (Å²) in [6.07, 6.45) is 1.23. The van der Waals surface area contributed by atoms with Gasteiger partial charge in [-0.05, 0) is 19.0 Å². The van der Waals surface area contributed by atoms with Crippen molar-refractivity contribution in [1.82, 2.24) is 0 Å². The third-order valence-corrected chi connectivity index (χ3v) is 0.750. The molecule has 0 heterocycles. The van der Waals surface area contributed by atoms with E-state index in [9.17, 15) is 0 Å². The van der Waals surface area contributed by atoms with Gasteiger partial charge < -0.3 is 15.5 Å². The average molecular weight is 177 g/mol. The van der Waals surface area contributed by atoms with E-state index in [0.717, 1.165) is 5.75 Å². The van der Waals surface area contributed by atoms with E-state index < -0.39 is 7.69 Å². The Balaban J connectivity index is -0.0000000233. The van der Waals surface area contributed by atoms with Crippen molar-refractivity contribution in [3.63, 3.8) is 0 Å². The minimum atomic E-state index is -0.500. The van der Waals surface area contributed by atoms with Gasteiger partial charge in [0.2, 0.25) is 0 Å². The van der Waals surface area contributed by atoms with Gasteiger partial charge in [-0.3, -0.25) is 0 Å². The monoisotopic (exact) mass is 177 g/mol. The summed E-state index contributed by atoms with van der Waals surface area (Å²) in [6, 6.07) is 0. The van der Waals surface area contributed by atoms with E-state index in [1.54, 1.807) is 0 Å². The molecule has 0 aliphatic carbocycles. The fourth-order valence-corrected chi connectivity index (χ4v) is 0. The molecule has 0 aliphatic heterocycles. The first-order valence-electron chi connectivity index (χ1n) is 2.03. The van der Waals surface area contributed by atoms with Gasteiger partial charge in [0, 0.05) is 0 Å². The summed E-state index contributed by atoms with van der Waals surface area (Å²) in [5.74, 6) is 1.12. The molecule has 0 atom stereocenters. The maximum atomic E-state index is 8.25. The summed E-state index contributed by atoms with van der Waals surface area (Å²) in [7, 11) is -0.500. The van der Waals surface area contributed by atoms with Crippen LogP contribution < -0.4 is 10.0 Å². The van der Waals surface area contributed by atoms with Gasteiger partial charge in [-0.1, -0.05) is 6.92 Å². The van der Waals surface area contributed by atoms with Gasteiger partial charge in [-0.2, -0.15) is 0 Å². The zero-order chi connectivity index (χ0) is 6.12. The molecule has 0 aromatic carbocycles. The molecule has 6 heteroatoms. The normalized spacial score (nSPS) is 4.89. The van der Waals surface area contributed by atoms with E-state index in [-0.39, 0.29) is 43.2 Å². The van der Waals surface area contributed by atoms with Crippen LogP contribution in [0, 0.1) is 0 Å². The second-order valence-corrected chi connectivity index (χ2v) is 1.35. The second kappa shape index (κ2) is 33.7. The Kier molecular flexibility index (Phi) is 84.0. The van der Waals surface area contributed by atoms with Crippen LogP contribution in [0.1, 0.15) is 13.3 Å². The summed E-state index contributed by atoms with van der Waals surface area (Å²) in [5, 5.41) is 16.5. The van der Waals surface area contributed by atoms with Crippen molar-refractivity contribution < 1.29 is 15.5 Å². The van der Waals surface area contributed by atoms with E-state index in [0.29, 0.717) is 0 Å². The Hall–Kier alpha value is 1.55. The molecule has 0 fully saturated rings. The molecular formula is C3H10BCaO3S. The zero-order valence-electron chi connectivity index (χ0n) is 5.46. The van der Waals surface area contributed by atoms with Crippen molar-refractivity contribution >= 4 is 58.1 Å². The third kappa shape index (κ3) is 83.6. The fraction of sp³-hybridized carbons (Fsp3) is 1.00. The van der Waals surface area contributed by atoms with Crippen molar-refractivity contribution in [2.75, 3.05) is 5.75 Å². The first-order chi connectivity index (χ1) is 3.33. The van der Waals surface area contributed by atoms with Crippen LogP contribution >= 0.6 is 0 Å². The van der Waals surface area contributed by atoms with Crippen LogP contribution in [-0.2, 0) is 12.6 Å². The molecule has 0 aliphatic rings. The molecule has 0 spiro atoms. The Bertz CT molecular complexity index is 26.5. The largest absolute Gasteiger partial charge is 2.00 e. The molecule has 1 radical (unpaired) electrons. The predicted molar refractivity (Wildman–Crippen MR) is 38.8 cm³/mol. The molecule has 3 nitrogen and oxygen atoms in total. The van der Waals surface area contributed by atoms with Crippen molar-refractivity contribution in [3.05, 3.63) is 0 Å². The molecule has 0 bridgehead atoms. The fourth-order valence-electron chi connectivity index (χ4n) is 0. The minimum absolute atomic E-state index is 0. The van der Waals surface area contributed by atoms with E-state index in [2.05, 4.69) is 19.6 Å². The van der Waals surface area contributed by atoms with Crippen LogP contribution in [0.15, 0.2) is 0 Å². The Morgan fingerprint density at radius 2 is 1.56 bits per heavy atom. The van der Waals surface area contributed by atoms with E-state index in [4.69, 9.17) is 10.0 Å². The van der Waals surface area contributed by atoms with Gasteiger partial charge in [-0.15, -0.1) is 0 Å². The molecule has 0 unspecified atom stereocenters. The first-order valence-corrected chi connectivity index (χ1v) is 2.74. The van der Waals surface area contributed by atoms with Crippen LogP contribution in [0.2, 0.25) is 0 Å². The van der Waals surface area contributed by atoms with Crippen LogP contribution in [0.4, 0.5) is 0 Å². The van der Waals surface area contributed by atoms with Gasteiger partial charge in [0.1, 0.15) is 5.75 Å². The standard InChI is InChI=1S/C3H8S.BO2.Ca.H2O/c1-2-3-4;2-1-3;;/h4H,2-3H2,1H3;;;1H2/q;-2;+2;. The number of hydrogen-bond acceptors (Lipinski definition) is 3. The molecule has 0 aromatic heterocycles. The molecule has 9 heavy (non-hydrogen) atoms. The second-order valence-electron chi connectivity index (χ2n) is 0.846. The molecule has 0 saturated carbocycles. The van der Waals surface area contributed by atoms with Crippen molar-refractivity contribution in [2.24, 2.45) is 0 Å². The quantitative estimate of drug-likeness (QED) is 0.318. The molecule has 0 aromatic rings. The van der Waals surface area contributed by atoms with E-state index >= 15 is 0 Å². The van der Waals surface area contributed by atoms with Gasteiger partial charge in [0.25, 0.3) is 0 Å². The Labute approximate surface area is 91.9 Å². The maximum absolute atomic E-state index is 8.25. The summed E-state index contributed by atoms with van der Waals surface area (Å²) in [4.78, 5) is 0. The van der Waals surface area contributed by atoms with Gasteiger partial charge in [0.15, 0.2) is 0 Å². The smallest absolute Gasteiger partial charge is 0.900 e. The molecular weight excluding hydrogens is 167 g/mol. The molecule has 0 saturated heterocycles. The Morgan fingerprint density at radius 3 is 1.56 bits per heavy atom. The van der Waals surface area contributed by atoms with Crippen molar-refractivity contribution in [3.8, 4) is 0 Å². The Morgan fingerprint density at radius 1 is 1.44 bits per heavy atom. The molecule has 0 amide bonds. The minimum Gasteiger partial charge on any atom is -0.900 e. The van der Waals surface area contributed by atoms with Crippen LogP contribution in [0.25, 0.3) is 0 Å². The maximum Gasteiger partial charge on any atom is 2.00 e. The van der Waals surface area contributed by atoms with Crippen LogP contribution in [-0.4, -0.2) is 56.7 Å². The number of rotatable bonds is 1. The molecule has 1 N–H and O–H groups in total. The zero-order valence-corrected chi connectivity index (χ0v) is 8.67. The SMILES string of the molecule is CCC[SH2+].[Ca+2].[O-][B][O-].[OH-]. The third-order valence-electron chi connectivity index (χ3n) is 0.250. The summed E-state index contributed by atoms with van der Waals surface area (Å²) in [5.41, 5.74) is 0. The van der Waals surface area contributed by atoms with Crippen molar-refractivity contribution in [2.45, 2.75) is 13.3 Å². The summed E-state index contributed by atoms with van der Waals surface area (Å²) in [6.45, 7) is 2.13. The number of hydrogen-bond donors (Lipinski definition) is 0. The first kappa shape index (κ1) is 22.4.